The van der Waals surface area contributed by atoms with Gasteiger partial charge in [-0.2, -0.15) is 0 Å². The molecule has 2 fully saturated rings. The lowest BCUT2D eigenvalue weighted by Gasteiger charge is -2.53. The summed E-state index contributed by atoms with van der Waals surface area (Å²) in [5.74, 6) is 1.15. The Balaban J connectivity index is 1.75. The second-order valence-electron chi connectivity index (χ2n) is 11.4. The molecule has 2 heterocycles. The first-order valence-electron chi connectivity index (χ1n) is 11.7. The SMILES string of the molecule is COc1ccc(CC[C@@H](C)C2(B3OC(C)(C)C(C)(C)O3)CN(C(=O)OC(C)(C)C)C2)cc1. The molecule has 2 saturated heterocycles. The van der Waals surface area contributed by atoms with Gasteiger partial charge in [-0.25, -0.2) is 4.79 Å². The van der Waals surface area contributed by atoms with Crippen molar-refractivity contribution < 1.29 is 23.6 Å². The number of amides is 1. The predicted molar refractivity (Wildman–Crippen MR) is 127 cm³/mol. The fourth-order valence-corrected chi connectivity index (χ4v) is 4.35. The van der Waals surface area contributed by atoms with Crippen LogP contribution in [0.3, 0.4) is 0 Å². The number of aryl methyl sites for hydroxylation is 1. The summed E-state index contributed by atoms with van der Waals surface area (Å²) in [7, 11) is 1.32. The van der Waals surface area contributed by atoms with Gasteiger partial charge in [-0.05, 0) is 84.9 Å². The van der Waals surface area contributed by atoms with Crippen molar-refractivity contribution in [1.82, 2.24) is 4.90 Å². The molecule has 2 aliphatic rings. The molecule has 2 aliphatic heterocycles. The van der Waals surface area contributed by atoms with Crippen molar-refractivity contribution in [1.29, 1.82) is 0 Å². The van der Waals surface area contributed by atoms with Crippen LogP contribution in [-0.4, -0.2) is 55.1 Å². The summed E-state index contributed by atoms with van der Waals surface area (Å²) < 4.78 is 23.8. The summed E-state index contributed by atoms with van der Waals surface area (Å²) >= 11 is 0. The molecule has 1 atom stereocenters. The summed E-state index contributed by atoms with van der Waals surface area (Å²) in [5, 5.41) is -0.269. The normalized spacial score (nSPS) is 22.3. The topological polar surface area (TPSA) is 57.2 Å². The van der Waals surface area contributed by atoms with Crippen molar-refractivity contribution in [3.63, 3.8) is 0 Å². The van der Waals surface area contributed by atoms with Crippen molar-refractivity contribution in [3.8, 4) is 5.75 Å². The van der Waals surface area contributed by atoms with Crippen molar-refractivity contribution in [2.24, 2.45) is 5.92 Å². The molecule has 7 heteroatoms. The molecule has 32 heavy (non-hydrogen) atoms. The molecule has 6 nitrogen and oxygen atoms in total. The van der Waals surface area contributed by atoms with Crippen LogP contribution in [0.15, 0.2) is 24.3 Å². The number of hydrogen-bond acceptors (Lipinski definition) is 5. The zero-order valence-corrected chi connectivity index (χ0v) is 21.3. The highest BCUT2D eigenvalue weighted by atomic mass is 16.7. The zero-order chi connectivity index (χ0) is 23.9. The van der Waals surface area contributed by atoms with Crippen LogP contribution < -0.4 is 4.74 Å². The van der Waals surface area contributed by atoms with Gasteiger partial charge in [0, 0.05) is 18.4 Å². The molecule has 3 rings (SSSR count). The van der Waals surface area contributed by atoms with Crippen LogP contribution in [0, 0.1) is 5.92 Å². The van der Waals surface area contributed by atoms with Crippen LogP contribution in [0.25, 0.3) is 0 Å². The molecule has 0 spiro atoms. The van der Waals surface area contributed by atoms with E-state index in [1.54, 1.807) is 12.0 Å². The van der Waals surface area contributed by atoms with E-state index in [-0.39, 0.29) is 24.4 Å². The molecule has 0 radical (unpaired) electrons. The molecule has 0 aromatic heterocycles. The van der Waals surface area contributed by atoms with E-state index in [0.717, 1.165) is 18.6 Å². The van der Waals surface area contributed by atoms with Gasteiger partial charge in [0.25, 0.3) is 0 Å². The molecule has 0 N–H and O–H groups in total. The van der Waals surface area contributed by atoms with Gasteiger partial charge in [0.1, 0.15) is 11.4 Å². The van der Waals surface area contributed by atoms with Crippen molar-refractivity contribution >= 4 is 13.2 Å². The number of nitrogens with zero attached hydrogens (tertiary/aromatic N) is 1. The Morgan fingerprint density at radius 2 is 1.62 bits per heavy atom. The highest BCUT2D eigenvalue weighted by molar-refractivity contribution is 6.50. The Labute approximate surface area is 194 Å². The maximum Gasteiger partial charge on any atom is 0.468 e. The van der Waals surface area contributed by atoms with E-state index >= 15 is 0 Å². The lowest BCUT2D eigenvalue weighted by molar-refractivity contribution is -0.0135. The summed E-state index contributed by atoms with van der Waals surface area (Å²) in [5.41, 5.74) is -0.0657. The van der Waals surface area contributed by atoms with Crippen molar-refractivity contribution in [3.05, 3.63) is 29.8 Å². The number of rotatable bonds is 6. The Bertz CT molecular complexity index is 793. The highest BCUT2D eigenvalue weighted by Gasteiger charge is 2.66. The van der Waals surface area contributed by atoms with Crippen molar-refractivity contribution in [2.45, 2.75) is 90.3 Å². The fourth-order valence-electron chi connectivity index (χ4n) is 4.35. The lowest BCUT2D eigenvalue weighted by atomic mass is 9.47. The molecule has 178 valence electrons. The first-order chi connectivity index (χ1) is 14.7. The van der Waals surface area contributed by atoms with E-state index in [9.17, 15) is 4.79 Å². The van der Waals surface area contributed by atoms with E-state index in [1.165, 1.54) is 5.56 Å². The van der Waals surface area contributed by atoms with Crippen molar-refractivity contribution in [2.75, 3.05) is 20.2 Å². The van der Waals surface area contributed by atoms with Gasteiger partial charge in [0.05, 0.1) is 18.3 Å². The van der Waals surface area contributed by atoms with Crippen LogP contribution in [0.1, 0.15) is 67.4 Å². The van der Waals surface area contributed by atoms with E-state index in [4.69, 9.17) is 18.8 Å². The standard InChI is InChI=1S/C25H40BNO5/c1-18(10-11-19-12-14-20(29-9)15-13-19)25(26-31-23(5,6)24(7,8)32-26)16-27(17-25)21(28)30-22(2,3)4/h12-15,18H,10-11,16-17H2,1-9H3/t18-/m1/s1. The van der Waals surface area contributed by atoms with Crippen LogP contribution >= 0.6 is 0 Å². The first kappa shape index (κ1) is 24.9. The summed E-state index contributed by atoms with van der Waals surface area (Å²) in [6, 6.07) is 8.22. The Morgan fingerprint density at radius 1 is 1.09 bits per heavy atom. The molecule has 1 amide bonds. The van der Waals surface area contributed by atoms with Gasteiger partial charge in [0.15, 0.2) is 0 Å². The number of benzene rings is 1. The average molecular weight is 445 g/mol. The van der Waals surface area contributed by atoms with Gasteiger partial charge in [-0.1, -0.05) is 19.1 Å². The number of methoxy groups -OCH3 is 1. The third kappa shape index (κ3) is 4.94. The van der Waals surface area contributed by atoms with Gasteiger partial charge in [0.2, 0.25) is 0 Å². The number of ether oxygens (including phenoxy) is 2. The third-order valence-electron chi connectivity index (χ3n) is 7.35. The predicted octanol–water partition coefficient (Wildman–Crippen LogP) is 5.35. The second kappa shape index (κ2) is 8.56. The molecule has 1 aromatic rings. The van der Waals surface area contributed by atoms with E-state index < -0.39 is 16.8 Å². The minimum Gasteiger partial charge on any atom is -0.497 e. The maximum absolute atomic E-state index is 12.7. The largest absolute Gasteiger partial charge is 0.497 e. The summed E-state index contributed by atoms with van der Waals surface area (Å²) in [4.78, 5) is 14.4. The van der Waals surface area contributed by atoms with Crippen LogP contribution in [0.2, 0.25) is 5.31 Å². The molecule has 0 unspecified atom stereocenters. The smallest absolute Gasteiger partial charge is 0.468 e. The maximum atomic E-state index is 12.7. The molecule has 0 aliphatic carbocycles. The molecule has 0 saturated carbocycles. The molecule has 0 bridgehead atoms. The van der Waals surface area contributed by atoms with Gasteiger partial charge in [-0.3, -0.25) is 0 Å². The fraction of sp³-hybridized carbons (Fsp3) is 0.720. The lowest BCUT2D eigenvalue weighted by Crippen LogP contribution is -2.64. The monoisotopic (exact) mass is 445 g/mol. The Morgan fingerprint density at radius 3 is 2.09 bits per heavy atom. The number of likely N-dealkylation sites (tertiary alicyclic amines) is 1. The minimum absolute atomic E-state index is 0.269. The number of carbonyl (C=O) groups is 1. The van der Waals surface area contributed by atoms with Crippen LogP contribution in [0.4, 0.5) is 4.79 Å². The molecular weight excluding hydrogens is 405 g/mol. The quantitative estimate of drug-likeness (QED) is 0.553. The highest BCUT2D eigenvalue weighted by Crippen LogP contribution is 2.55. The van der Waals surface area contributed by atoms with Crippen LogP contribution in [-0.2, 0) is 20.5 Å². The van der Waals surface area contributed by atoms with E-state index in [0.29, 0.717) is 13.1 Å². The van der Waals surface area contributed by atoms with Gasteiger partial charge in [-0.15, -0.1) is 0 Å². The second-order valence-corrected chi connectivity index (χ2v) is 11.4. The number of hydrogen-bond donors (Lipinski definition) is 0. The zero-order valence-electron chi connectivity index (χ0n) is 21.3. The minimum atomic E-state index is -0.514. The Kier molecular flexibility index (Phi) is 6.67. The molecular formula is C25H40BNO5. The average Bonchev–Trinajstić information content (AvgIpc) is 2.85. The summed E-state index contributed by atoms with van der Waals surface area (Å²) in [6.07, 6.45) is 1.64. The van der Waals surface area contributed by atoms with Crippen LogP contribution in [0.5, 0.6) is 5.75 Å². The Hall–Kier alpha value is -1.73. The first-order valence-corrected chi connectivity index (χ1v) is 11.7. The molecule has 1 aromatic carbocycles. The van der Waals surface area contributed by atoms with E-state index in [2.05, 4.69) is 46.8 Å². The van der Waals surface area contributed by atoms with Gasteiger partial charge >= 0.3 is 13.2 Å². The number of carbonyl (C=O) groups excluding carboxylic acids is 1. The third-order valence-corrected chi connectivity index (χ3v) is 7.35. The summed E-state index contributed by atoms with van der Waals surface area (Å²) in [6.45, 7) is 17.4. The van der Waals surface area contributed by atoms with E-state index in [1.807, 2.05) is 32.9 Å². The van der Waals surface area contributed by atoms with Gasteiger partial charge < -0.3 is 23.7 Å².